The maximum Gasteiger partial charge on any atom is 0.233 e. The molecule has 1 aromatic carbocycles. The third kappa shape index (κ3) is 7.94. The highest BCUT2D eigenvalue weighted by Gasteiger charge is 2.21. The predicted molar refractivity (Wildman–Crippen MR) is 114 cm³/mol. The van der Waals surface area contributed by atoms with Gasteiger partial charge in [0.2, 0.25) is 5.91 Å². The molecule has 1 aromatic rings. The third-order valence-corrected chi connectivity index (χ3v) is 4.83. The number of ether oxygens (including phenoxy) is 1. The van der Waals surface area contributed by atoms with Crippen molar-refractivity contribution in [1.29, 1.82) is 0 Å². The highest BCUT2D eigenvalue weighted by atomic mass is 35.5. The first-order chi connectivity index (χ1) is 13.5. The lowest BCUT2D eigenvalue weighted by Gasteiger charge is -2.32. The number of hydrogen-bond donors (Lipinski definition) is 3. The molecule has 2 rings (SSSR count). The van der Waals surface area contributed by atoms with Crippen LogP contribution < -0.4 is 20.7 Å². The number of rotatable bonds is 8. The number of benzene rings is 1. The number of likely N-dealkylation sites (N-methyl/N-ethyl adjacent to an activating group) is 1. The first kappa shape index (κ1) is 22.3. The Morgan fingerprint density at radius 2 is 2.00 bits per heavy atom. The largest absolute Gasteiger partial charge is 0.489 e. The van der Waals surface area contributed by atoms with E-state index in [1.165, 1.54) is 0 Å². The van der Waals surface area contributed by atoms with E-state index in [1.54, 1.807) is 7.05 Å². The molecule has 0 bridgehead atoms. The van der Waals surface area contributed by atoms with E-state index < -0.39 is 0 Å². The zero-order valence-corrected chi connectivity index (χ0v) is 17.8. The summed E-state index contributed by atoms with van der Waals surface area (Å²) in [5.41, 5.74) is 0. The molecule has 0 radical (unpaired) electrons. The molecule has 1 heterocycles. The maximum atomic E-state index is 11.5. The quantitative estimate of drug-likeness (QED) is 0.451. The van der Waals surface area contributed by atoms with E-state index >= 15 is 0 Å². The van der Waals surface area contributed by atoms with E-state index in [0.717, 1.165) is 44.2 Å². The van der Waals surface area contributed by atoms with Gasteiger partial charge in [0.05, 0.1) is 13.1 Å². The van der Waals surface area contributed by atoms with Gasteiger partial charge in [-0.2, -0.15) is 0 Å². The van der Waals surface area contributed by atoms with E-state index in [0.29, 0.717) is 24.2 Å². The smallest absolute Gasteiger partial charge is 0.233 e. The maximum absolute atomic E-state index is 11.5. The molecule has 3 N–H and O–H groups in total. The van der Waals surface area contributed by atoms with E-state index in [2.05, 4.69) is 32.8 Å². The zero-order valence-electron chi connectivity index (χ0n) is 17.0. The summed E-state index contributed by atoms with van der Waals surface area (Å²) in [5.74, 6) is 1.66. The van der Waals surface area contributed by atoms with Crippen LogP contribution in [0.2, 0.25) is 5.02 Å². The summed E-state index contributed by atoms with van der Waals surface area (Å²) >= 11 is 5.90. The molecule has 0 saturated carbocycles. The van der Waals surface area contributed by atoms with Gasteiger partial charge in [0, 0.05) is 37.7 Å². The standard InChI is InChI=1S/C20H32ClN5O2/c1-4-23-20(24-13-15(2)28-18-7-5-16(21)6-8-18)25-17-9-11-26(12-10-17)14-19(27)22-3/h5-8,15,17H,4,9-14H2,1-3H3,(H,22,27)(H2,23,24,25). The summed E-state index contributed by atoms with van der Waals surface area (Å²) in [7, 11) is 1.67. The van der Waals surface area contributed by atoms with Crippen molar-refractivity contribution in [2.45, 2.75) is 38.8 Å². The number of nitrogens with zero attached hydrogens (tertiary/aromatic N) is 2. The number of nitrogens with one attached hydrogen (secondary N) is 3. The topological polar surface area (TPSA) is 78.0 Å². The molecule has 0 aromatic heterocycles. The summed E-state index contributed by atoms with van der Waals surface area (Å²) in [4.78, 5) is 18.4. The second kappa shape index (κ2) is 11.8. The average molecular weight is 410 g/mol. The van der Waals surface area contributed by atoms with Gasteiger partial charge >= 0.3 is 0 Å². The number of halogens is 1. The van der Waals surface area contributed by atoms with Crippen molar-refractivity contribution in [3.8, 4) is 5.75 Å². The van der Waals surface area contributed by atoms with Crippen molar-refractivity contribution in [3.05, 3.63) is 29.3 Å². The van der Waals surface area contributed by atoms with Crippen molar-refractivity contribution >= 4 is 23.5 Å². The highest BCUT2D eigenvalue weighted by molar-refractivity contribution is 6.30. The molecule has 0 spiro atoms. The minimum atomic E-state index is -0.0500. The van der Waals surface area contributed by atoms with Crippen LogP contribution in [0.5, 0.6) is 5.75 Å². The second-order valence-electron chi connectivity index (χ2n) is 6.97. The van der Waals surface area contributed by atoms with Gasteiger partial charge in [-0.15, -0.1) is 0 Å². The average Bonchev–Trinajstić information content (AvgIpc) is 2.69. The molecule has 1 saturated heterocycles. The monoisotopic (exact) mass is 409 g/mol. The Morgan fingerprint density at radius 3 is 2.61 bits per heavy atom. The number of carbonyl (C=O) groups is 1. The minimum absolute atomic E-state index is 0.0500. The molecular formula is C20H32ClN5O2. The molecule has 1 aliphatic heterocycles. The molecule has 1 fully saturated rings. The van der Waals surface area contributed by atoms with Gasteiger partial charge in [-0.3, -0.25) is 9.69 Å². The molecule has 8 heteroatoms. The molecular weight excluding hydrogens is 378 g/mol. The Kier molecular flexibility index (Phi) is 9.37. The van der Waals surface area contributed by atoms with E-state index in [4.69, 9.17) is 16.3 Å². The lowest BCUT2D eigenvalue weighted by molar-refractivity contribution is -0.122. The SMILES string of the molecule is CCNC(=NCC(C)Oc1ccc(Cl)cc1)NC1CCN(CC(=O)NC)CC1. The van der Waals surface area contributed by atoms with E-state index in [-0.39, 0.29) is 12.0 Å². The van der Waals surface area contributed by atoms with Gasteiger partial charge in [-0.25, -0.2) is 4.99 Å². The second-order valence-corrected chi connectivity index (χ2v) is 7.41. The van der Waals surface area contributed by atoms with Crippen LogP contribution in [0.1, 0.15) is 26.7 Å². The predicted octanol–water partition coefficient (Wildman–Crippen LogP) is 1.87. The first-order valence-corrected chi connectivity index (χ1v) is 10.3. The molecule has 1 atom stereocenters. The Bertz CT molecular complexity index is 630. The van der Waals surface area contributed by atoms with Crippen LogP contribution in [0.3, 0.4) is 0 Å². The zero-order chi connectivity index (χ0) is 20.4. The third-order valence-electron chi connectivity index (χ3n) is 4.58. The van der Waals surface area contributed by atoms with Crippen molar-refractivity contribution in [2.75, 3.05) is 39.8 Å². The van der Waals surface area contributed by atoms with Gasteiger partial charge in [-0.05, 0) is 51.0 Å². The van der Waals surface area contributed by atoms with Crippen LogP contribution in [-0.4, -0.2) is 68.7 Å². The Morgan fingerprint density at radius 1 is 1.32 bits per heavy atom. The van der Waals surface area contributed by atoms with E-state index in [9.17, 15) is 4.79 Å². The van der Waals surface area contributed by atoms with Crippen LogP contribution in [0.15, 0.2) is 29.3 Å². The Balaban J connectivity index is 1.80. The van der Waals surface area contributed by atoms with Crippen molar-refractivity contribution in [1.82, 2.24) is 20.9 Å². The molecule has 156 valence electrons. The molecule has 7 nitrogen and oxygen atoms in total. The van der Waals surface area contributed by atoms with Gasteiger partial charge in [0.15, 0.2) is 5.96 Å². The summed E-state index contributed by atoms with van der Waals surface area (Å²) < 4.78 is 5.88. The van der Waals surface area contributed by atoms with Crippen LogP contribution in [0.25, 0.3) is 0 Å². The summed E-state index contributed by atoms with van der Waals surface area (Å²) in [5, 5.41) is 10.2. The summed E-state index contributed by atoms with van der Waals surface area (Å²) in [6.07, 6.45) is 1.92. The molecule has 28 heavy (non-hydrogen) atoms. The van der Waals surface area contributed by atoms with Crippen LogP contribution >= 0.6 is 11.6 Å². The Hall–Kier alpha value is -1.99. The molecule has 1 aliphatic rings. The molecule has 0 aliphatic carbocycles. The normalized spacial score (nSPS) is 17.1. The molecule has 1 unspecified atom stereocenters. The number of piperidine rings is 1. The van der Waals surface area contributed by atoms with Crippen molar-refractivity contribution in [2.24, 2.45) is 4.99 Å². The van der Waals surface area contributed by atoms with E-state index in [1.807, 2.05) is 31.2 Å². The fourth-order valence-electron chi connectivity index (χ4n) is 3.03. The number of carbonyl (C=O) groups excluding carboxylic acids is 1. The van der Waals surface area contributed by atoms with Crippen molar-refractivity contribution in [3.63, 3.8) is 0 Å². The summed E-state index contributed by atoms with van der Waals surface area (Å²) in [6, 6.07) is 7.70. The minimum Gasteiger partial charge on any atom is -0.489 e. The van der Waals surface area contributed by atoms with Crippen LogP contribution in [-0.2, 0) is 4.79 Å². The number of guanidine groups is 1. The van der Waals surface area contributed by atoms with Crippen LogP contribution in [0, 0.1) is 0 Å². The summed E-state index contributed by atoms with van der Waals surface area (Å²) in [6.45, 7) is 7.68. The number of likely N-dealkylation sites (tertiary alicyclic amines) is 1. The Labute approximate surface area is 172 Å². The van der Waals surface area contributed by atoms with Crippen LogP contribution in [0.4, 0.5) is 0 Å². The van der Waals surface area contributed by atoms with Gasteiger partial charge in [0.25, 0.3) is 0 Å². The fourth-order valence-corrected chi connectivity index (χ4v) is 3.16. The number of hydrogen-bond acceptors (Lipinski definition) is 4. The van der Waals surface area contributed by atoms with Gasteiger partial charge in [0.1, 0.15) is 11.9 Å². The van der Waals surface area contributed by atoms with Gasteiger partial charge in [-0.1, -0.05) is 11.6 Å². The lowest BCUT2D eigenvalue weighted by Crippen LogP contribution is -2.50. The molecule has 1 amide bonds. The number of aliphatic imine (C=N–C) groups is 1. The number of amides is 1. The van der Waals surface area contributed by atoms with Crippen molar-refractivity contribution < 1.29 is 9.53 Å². The highest BCUT2D eigenvalue weighted by Crippen LogP contribution is 2.17. The lowest BCUT2D eigenvalue weighted by atomic mass is 10.1. The van der Waals surface area contributed by atoms with Gasteiger partial charge < -0.3 is 20.7 Å². The first-order valence-electron chi connectivity index (χ1n) is 9.90. The fraction of sp³-hybridized carbons (Fsp3) is 0.600.